The Morgan fingerprint density at radius 1 is 1.15 bits per heavy atom. The zero-order valence-electron chi connectivity index (χ0n) is 14.1. The maximum Gasteiger partial charge on any atom is 0.351 e. The minimum atomic E-state index is -0.845. The highest BCUT2D eigenvalue weighted by molar-refractivity contribution is 6.35. The van der Waals surface area contributed by atoms with E-state index in [-0.39, 0.29) is 11.3 Å². The summed E-state index contributed by atoms with van der Waals surface area (Å²) in [7, 11) is 1.52. The van der Waals surface area contributed by atoms with Gasteiger partial charge >= 0.3 is 11.6 Å². The quantitative estimate of drug-likeness (QED) is 0.300. The molecule has 0 atom stereocenters. The molecular formula is C20H12ClNO5. The topological polar surface area (TPSA) is 78.6 Å². The molecule has 2 aromatic carbocycles. The van der Waals surface area contributed by atoms with Crippen molar-refractivity contribution in [2.75, 3.05) is 7.11 Å². The fraction of sp³-hybridized carbons (Fsp3) is 0.0500. The summed E-state index contributed by atoms with van der Waals surface area (Å²) in [5, 5.41) is 1.66. The molecule has 0 radical (unpaired) electrons. The number of fused-ring (bicyclic) bond motifs is 2. The molecule has 2 aromatic heterocycles. The molecule has 0 saturated heterocycles. The van der Waals surface area contributed by atoms with Gasteiger partial charge in [-0.05, 0) is 48.5 Å². The molecule has 0 fully saturated rings. The van der Waals surface area contributed by atoms with Gasteiger partial charge in [0, 0.05) is 17.0 Å². The Balaban J connectivity index is 1.76. The number of nitrogens with zero attached hydrogens (tertiary/aromatic N) is 1. The highest BCUT2D eigenvalue weighted by Gasteiger charge is 2.18. The minimum absolute atomic E-state index is 0.199. The minimum Gasteiger partial charge on any atom is -0.497 e. The summed E-state index contributed by atoms with van der Waals surface area (Å²) in [5.74, 6) is -0.0727. The molecule has 0 aliphatic heterocycles. The van der Waals surface area contributed by atoms with Gasteiger partial charge in [0.2, 0.25) is 0 Å². The van der Waals surface area contributed by atoms with Gasteiger partial charge < -0.3 is 13.9 Å². The largest absolute Gasteiger partial charge is 0.497 e. The average molecular weight is 382 g/mol. The summed E-state index contributed by atoms with van der Waals surface area (Å²) in [6, 6.07) is 13.0. The molecule has 0 bridgehead atoms. The summed E-state index contributed by atoms with van der Waals surface area (Å²) in [6.07, 6.45) is 1.56. The van der Waals surface area contributed by atoms with Crippen molar-refractivity contribution >= 4 is 39.4 Å². The van der Waals surface area contributed by atoms with Gasteiger partial charge in [-0.1, -0.05) is 11.6 Å². The maximum atomic E-state index is 12.6. The van der Waals surface area contributed by atoms with Crippen molar-refractivity contribution in [2.45, 2.75) is 0 Å². The normalized spacial score (nSPS) is 10.9. The van der Waals surface area contributed by atoms with Crippen LogP contribution < -0.4 is 15.1 Å². The van der Waals surface area contributed by atoms with Gasteiger partial charge in [-0.15, -0.1) is 0 Å². The molecule has 4 aromatic rings. The number of hydrogen-bond donors (Lipinski definition) is 0. The van der Waals surface area contributed by atoms with Crippen LogP contribution in [0.25, 0.3) is 21.9 Å². The van der Waals surface area contributed by atoms with Crippen LogP contribution in [0.1, 0.15) is 10.4 Å². The van der Waals surface area contributed by atoms with Crippen molar-refractivity contribution in [3.63, 3.8) is 0 Å². The number of halogens is 1. The summed E-state index contributed by atoms with van der Waals surface area (Å²) >= 11 is 6.14. The van der Waals surface area contributed by atoms with Crippen LogP contribution in [-0.2, 0) is 0 Å². The highest BCUT2D eigenvalue weighted by atomic mass is 35.5. The molecule has 0 unspecified atom stereocenters. The first-order valence-electron chi connectivity index (χ1n) is 7.94. The van der Waals surface area contributed by atoms with Crippen LogP contribution in [0.2, 0.25) is 5.02 Å². The molecule has 4 rings (SSSR count). The summed E-state index contributed by atoms with van der Waals surface area (Å²) in [5.41, 5.74) is -0.250. The van der Waals surface area contributed by atoms with E-state index in [1.54, 1.807) is 42.6 Å². The molecule has 7 heteroatoms. The van der Waals surface area contributed by atoms with E-state index in [2.05, 4.69) is 4.98 Å². The Morgan fingerprint density at radius 2 is 2.00 bits per heavy atom. The van der Waals surface area contributed by atoms with E-state index >= 15 is 0 Å². The third-order valence-corrected chi connectivity index (χ3v) is 4.37. The number of carbonyl (C=O) groups excluding carboxylic acids is 1. The maximum absolute atomic E-state index is 12.6. The number of aromatic nitrogens is 1. The van der Waals surface area contributed by atoms with Crippen molar-refractivity contribution in [1.82, 2.24) is 4.98 Å². The smallest absolute Gasteiger partial charge is 0.351 e. The van der Waals surface area contributed by atoms with Gasteiger partial charge in [-0.2, -0.15) is 0 Å². The second kappa shape index (κ2) is 6.74. The zero-order chi connectivity index (χ0) is 19.0. The number of ether oxygens (including phenoxy) is 2. The number of esters is 1. The number of hydrogen-bond acceptors (Lipinski definition) is 6. The molecule has 27 heavy (non-hydrogen) atoms. The summed E-state index contributed by atoms with van der Waals surface area (Å²) < 4.78 is 15.8. The third-order valence-electron chi connectivity index (χ3n) is 4.04. The Hall–Kier alpha value is -3.38. The van der Waals surface area contributed by atoms with E-state index in [1.165, 1.54) is 19.2 Å². The van der Waals surface area contributed by atoms with Crippen LogP contribution in [0.15, 0.2) is 63.9 Å². The van der Waals surface area contributed by atoms with Crippen molar-refractivity contribution < 1.29 is 18.7 Å². The lowest BCUT2D eigenvalue weighted by atomic mass is 10.1. The van der Waals surface area contributed by atoms with Crippen molar-refractivity contribution in [3.05, 3.63) is 75.7 Å². The second-order valence-corrected chi connectivity index (χ2v) is 6.09. The lowest BCUT2D eigenvalue weighted by Gasteiger charge is -2.08. The van der Waals surface area contributed by atoms with Crippen LogP contribution in [0.3, 0.4) is 0 Å². The molecule has 0 amide bonds. The molecule has 0 N–H and O–H groups in total. The van der Waals surface area contributed by atoms with E-state index in [0.29, 0.717) is 32.6 Å². The third kappa shape index (κ3) is 3.11. The van der Waals surface area contributed by atoms with Crippen molar-refractivity contribution in [3.8, 4) is 11.5 Å². The van der Waals surface area contributed by atoms with Crippen LogP contribution in [0.5, 0.6) is 11.5 Å². The summed E-state index contributed by atoms with van der Waals surface area (Å²) in [4.78, 5) is 29.0. The van der Waals surface area contributed by atoms with Gasteiger partial charge in [-0.25, -0.2) is 9.59 Å². The fourth-order valence-electron chi connectivity index (χ4n) is 2.72. The van der Waals surface area contributed by atoms with Gasteiger partial charge in [0.05, 0.1) is 12.1 Å². The molecule has 6 nitrogen and oxygen atoms in total. The second-order valence-electron chi connectivity index (χ2n) is 5.69. The van der Waals surface area contributed by atoms with Crippen LogP contribution in [0.4, 0.5) is 0 Å². The van der Waals surface area contributed by atoms with E-state index in [0.717, 1.165) is 0 Å². The number of benzene rings is 2. The SMILES string of the molecule is COc1ccc2oc(=O)c(C(=O)Oc3ccc(Cl)c4cccnc34)cc2c1. The standard InChI is InChI=1S/C20H12ClNO5/c1-25-12-4-6-16-11(9-12)10-14(19(23)26-16)20(24)27-17-7-5-15(21)13-3-2-8-22-18(13)17/h2-10H,1H3. The Morgan fingerprint density at radius 3 is 2.81 bits per heavy atom. The number of methoxy groups -OCH3 is 1. The average Bonchev–Trinajstić information content (AvgIpc) is 2.69. The van der Waals surface area contributed by atoms with Crippen LogP contribution in [0, 0.1) is 0 Å². The Kier molecular flexibility index (Phi) is 4.25. The number of pyridine rings is 1. The zero-order valence-corrected chi connectivity index (χ0v) is 14.8. The van der Waals surface area contributed by atoms with Crippen molar-refractivity contribution in [1.29, 1.82) is 0 Å². The van der Waals surface area contributed by atoms with Gasteiger partial charge in [0.25, 0.3) is 0 Å². The molecule has 0 aliphatic rings. The molecular weight excluding hydrogens is 370 g/mol. The predicted molar refractivity (Wildman–Crippen MR) is 101 cm³/mol. The first kappa shape index (κ1) is 17.1. The predicted octanol–water partition coefficient (Wildman–Crippen LogP) is 4.22. The van der Waals surface area contributed by atoms with Gasteiger partial charge in [0.1, 0.15) is 22.4 Å². The first-order valence-corrected chi connectivity index (χ1v) is 8.32. The Bertz CT molecular complexity index is 1250. The van der Waals surface area contributed by atoms with Crippen LogP contribution >= 0.6 is 11.6 Å². The Labute approximate surface area is 157 Å². The fourth-order valence-corrected chi connectivity index (χ4v) is 2.94. The number of carbonyl (C=O) groups is 1. The monoisotopic (exact) mass is 381 g/mol. The van der Waals surface area contributed by atoms with Gasteiger partial charge in [-0.3, -0.25) is 4.98 Å². The molecule has 134 valence electrons. The van der Waals surface area contributed by atoms with E-state index in [1.807, 2.05) is 0 Å². The lowest BCUT2D eigenvalue weighted by molar-refractivity contribution is 0.0732. The highest BCUT2D eigenvalue weighted by Crippen LogP contribution is 2.30. The number of rotatable bonds is 3. The molecule has 0 aliphatic carbocycles. The van der Waals surface area contributed by atoms with Gasteiger partial charge in [0.15, 0.2) is 5.75 Å². The lowest BCUT2D eigenvalue weighted by Crippen LogP contribution is -2.18. The first-order chi connectivity index (χ1) is 13.1. The van der Waals surface area contributed by atoms with E-state index in [4.69, 9.17) is 25.5 Å². The van der Waals surface area contributed by atoms with Crippen LogP contribution in [-0.4, -0.2) is 18.1 Å². The molecule has 2 heterocycles. The van der Waals surface area contributed by atoms with E-state index < -0.39 is 11.6 Å². The van der Waals surface area contributed by atoms with E-state index in [9.17, 15) is 9.59 Å². The molecule has 0 saturated carbocycles. The summed E-state index contributed by atoms with van der Waals surface area (Å²) in [6.45, 7) is 0. The molecule has 0 spiro atoms. The van der Waals surface area contributed by atoms with Crippen molar-refractivity contribution in [2.24, 2.45) is 0 Å².